The van der Waals surface area contributed by atoms with Crippen molar-refractivity contribution in [2.45, 2.75) is 31.3 Å². The summed E-state index contributed by atoms with van der Waals surface area (Å²) in [6, 6.07) is 27.5. The molecule has 2 unspecified atom stereocenters. The van der Waals surface area contributed by atoms with Gasteiger partial charge < -0.3 is 9.47 Å². The van der Waals surface area contributed by atoms with E-state index in [0.717, 1.165) is 20.4 Å². The van der Waals surface area contributed by atoms with Gasteiger partial charge in [-0.05, 0) is 60.4 Å². The van der Waals surface area contributed by atoms with Crippen LogP contribution >= 0.6 is 69.1 Å². The molecule has 0 aliphatic carbocycles. The summed E-state index contributed by atoms with van der Waals surface area (Å²) in [5, 5.41) is 22.2. The first-order valence-electron chi connectivity index (χ1n) is 16.1. The Kier molecular flexibility index (Phi) is 7.99. The van der Waals surface area contributed by atoms with Gasteiger partial charge in [0.25, 0.3) is 0 Å². The van der Waals surface area contributed by atoms with Crippen molar-refractivity contribution in [2.24, 2.45) is 0 Å². The maximum absolute atomic E-state index is 13.9. The van der Waals surface area contributed by atoms with Crippen molar-refractivity contribution < 1.29 is 14.3 Å². The van der Waals surface area contributed by atoms with Gasteiger partial charge in [0.15, 0.2) is 5.60 Å². The number of halogens is 4. The van der Waals surface area contributed by atoms with Crippen LogP contribution < -0.4 is 4.74 Å². The number of nitrogens with zero attached hydrogens (tertiary/aromatic N) is 4. The lowest BCUT2D eigenvalue weighted by Gasteiger charge is -2.39. The van der Waals surface area contributed by atoms with Crippen LogP contribution in [-0.4, -0.2) is 15.9 Å². The Labute approximate surface area is 330 Å². The van der Waals surface area contributed by atoms with E-state index in [1.807, 2.05) is 74.5 Å². The zero-order chi connectivity index (χ0) is 36.9. The highest BCUT2D eigenvalue weighted by Gasteiger charge is 2.57. The molecule has 2 aromatic heterocycles. The molecule has 2 aliphatic heterocycles. The third-order valence-electron chi connectivity index (χ3n) is 9.92. The molecule has 4 heterocycles. The number of hydrogen-bond acceptors (Lipinski definition) is 9. The van der Waals surface area contributed by atoms with Gasteiger partial charge in [0.2, 0.25) is 0 Å². The summed E-state index contributed by atoms with van der Waals surface area (Å²) in [5.41, 5.74) is 3.58. The van der Waals surface area contributed by atoms with E-state index in [0.29, 0.717) is 54.9 Å². The third-order valence-corrected chi connectivity index (χ3v) is 13.9. The molecule has 258 valence electrons. The topological polar surface area (TPSA) is 109 Å². The van der Waals surface area contributed by atoms with Gasteiger partial charge in [-0.3, -0.25) is 0 Å². The molecule has 0 saturated heterocycles. The Bertz CT molecular complexity index is 2640. The molecule has 0 radical (unpaired) electrons. The predicted molar refractivity (Wildman–Crippen MR) is 208 cm³/mol. The molecule has 9 rings (SSSR count). The Balaban J connectivity index is 1.30. The summed E-state index contributed by atoms with van der Waals surface area (Å²) >= 11 is 29.8. The van der Waals surface area contributed by atoms with Gasteiger partial charge in [0, 0.05) is 16.7 Å². The third kappa shape index (κ3) is 4.79. The average molecular weight is 811 g/mol. The number of carbonyl (C=O) groups excluding carboxylic acids is 1. The molecule has 7 aromatic rings. The van der Waals surface area contributed by atoms with Crippen LogP contribution in [0.25, 0.3) is 20.4 Å². The molecular weight excluding hydrogens is 790 g/mol. The number of aromatic nitrogens is 2. The molecule has 5 aromatic carbocycles. The molecule has 53 heavy (non-hydrogen) atoms. The lowest BCUT2D eigenvalue weighted by molar-refractivity contribution is 0.0223. The summed E-state index contributed by atoms with van der Waals surface area (Å²) in [5.74, 6) is -1.52. The molecule has 13 heteroatoms. The van der Waals surface area contributed by atoms with Crippen molar-refractivity contribution in [2.75, 3.05) is 0 Å². The molecular formula is C40H20Cl4N4O3S2. The van der Waals surface area contributed by atoms with E-state index < -0.39 is 23.4 Å². The first-order valence-corrected chi connectivity index (χ1v) is 19.3. The fraction of sp³-hybridized carbons (Fsp3) is 0.125. The average Bonchev–Trinajstić information content (AvgIpc) is 3.87. The van der Waals surface area contributed by atoms with Gasteiger partial charge in [-0.15, -0.1) is 22.7 Å². The van der Waals surface area contributed by atoms with E-state index in [2.05, 4.69) is 12.1 Å². The van der Waals surface area contributed by atoms with Gasteiger partial charge in [0.05, 0.1) is 58.2 Å². The van der Waals surface area contributed by atoms with E-state index in [-0.39, 0.29) is 31.2 Å². The van der Waals surface area contributed by atoms with Crippen LogP contribution in [0.4, 0.5) is 0 Å². The Morgan fingerprint density at radius 3 is 1.62 bits per heavy atom. The van der Waals surface area contributed by atoms with E-state index >= 15 is 0 Å². The van der Waals surface area contributed by atoms with Crippen LogP contribution in [0, 0.1) is 36.5 Å². The number of rotatable bonds is 4. The van der Waals surface area contributed by atoms with E-state index in [1.54, 1.807) is 12.1 Å². The molecule has 1 spiro atoms. The second kappa shape index (κ2) is 12.4. The second-order valence-corrected chi connectivity index (χ2v) is 16.3. The lowest BCUT2D eigenvalue weighted by atomic mass is 9.74. The van der Waals surface area contributed by atoms with Crippen molar-refractivity contribution in [1.82, 2.24) is 9.97 Å². The molecule has 7 nitrogen and oxygen atoms in total. The van der Waals surface area contributed by atoms with Crippen molar-refractivity contribution in [1.29, 1.82) is 10.5 Å². The van der Waals surface area contributed by atoms with Gasteiger partial charge in [-0.25, -0.2) is 14.8 Å². The Morgan fingerprint density at radius 2 is 1.15 bits per heavy atom. The van der Waals surface area contributed by atoms with Gasteiger partial charge in [0.1, 0.15) is 33.4 Å². The molecule has 0 fully saturated rings. The largest absolute Gasteiger partial charge is 0.456 e. The molecule has 0 saturated carbocycles. The SMILES string of the molecule is Cc1c(C(C#N)c2nc3ccccc3s2)ccc2c1Oc1c(ccc(C(C#N)c3nc4ccccc4s3)c1C)C21OC(=O)c2c(Cl)c(Cl)c(Cl)c(Cl)c21. The smallest absolute Gasteiger partial charge is 0.341 e. The number of benzene rings is 5. The fourth-order valence-corrected chi connectivity index (χ4v) is 10.5. The number of esters is 1. The van der Waals surface area contributed by atoms with Crippen LogP contribution in [0.1, 0.15) is 71.2 Å². The minimum Gasteiger partial charge on any atom is -0.456 e. The van der Waals surface area contributed by atoms with Crippen molar-refractivity contribution >= 4 is 95.5 Å². The van der Waals surface area contributed by atoms with Gasteiger partial charge >= 0.3 is 5.97 Å². The number of ether oxygens (including phenoxy) is 2. The number of fused-ring (bicyclic) bond motifs is 8. The second-order valence-electron chi connectivity index (χ2n) is 12.7. The molecule has 0 amide bonds. The standard InChI is InChI=1S/C40H20Cl4N4O3S2/c1-17-19(21(15-45)37-47-25-7-3-5-9-27(25)52-37)11-13-23-35(17)50-36-18(2)20(22(16-46)38-48-26-8-4-6-10-28(26)53-38)12-14-24(36)40(23)30-29(39(49)51-40)31(41)33(43)34(44)32(30)42/h3-14,21-22H,1-2H3. The first-order chi connectivity index (χ1) is 25.6. The van der Waals surface area contributed by atoms with E-state index in [4.69, 9.17) is 65.8 Å². The highest BCUT2D eigenvalue weighted by Crippen LogP contribution is 2.62. The van der Waals surface area contributed by atoms with E-state index in [9.17, 15) is 15.3 Å². The van der Waals surface area contributed by atoms with Crippen molar-refractivity contribution in [3.05, 3.63) is 147 Å². The van der Waals surface area contributed by atoms with Crippen molar-refractivity contribution in [3.63, 3.8) is 0 Å². The highest BCUT2D eigenvalue weighted by atomic mass is 35.5. The fourth-order valence-electron chi connectivity index (χ4n) is 7.42. The first kappa shape index (κ1) is 34.1. The summed E-state index contributed by atoms with van der Waals surface area (Å²) in [6.07, 6.45) is 0. The quantitative estimate of drug-likeness (QED) is 0.0989. The molecule has 2 atom stereocenters. The zero-order valence-corrected chi connectivity index (χ0v) is 32.1. The maximum Gasteiger partial charge on any atom is 0.341 e. The number of para-hydroxylation sites is 2. The van der Waals surface area contributed by atoms with Crippen LogP contribution in [-0.2, 0) is 10.3 Å². The number of hydrogen-bond donors (Lipinski definition) is 0. The summed E-state index contributed by atoms with van der Waals surface area (Å²) in [4.78, 5) is 23.5. The Hall–Kier alpha value is -4.71. The number of carbonyl (C=O) groups is 1. The minimum absolute atomic E-state index is 0.00192. The number of nitriles is 2. The van der Waals surface area contributed by atoms with Crippen LogP contribution in [0.3, 0.4) is 0 Å². The van der Waals surface area contributed by atoms with E-state index in [1.165, 1.54) is 22.7 Å². The van der Waals surface area contributed by atoms with Crippen LogP contribution in [0.5, 0.6) is 11.5 Å². The summed E-state index contributed by atoms with van der Waals surface area (Å²) < 4.78 is 15.2. The molecule has 0 N–H and O–H groups in total. The highest BCUT2D eigenvalue weighted by molar-refractivity contribution is 7.19. The zero-order valence-electron chi connectivity index (χ0n) is 27.4. The summed E-state index contributed by atoms with van der Waals surface area (Å²) in [6.45, 7) is 3.70. The summed E-state index contributed by atoms with van der Waals surface area (Å²) in [7, 11) is 0. The maximum atomic E-state index is 13.9. The Morgan fingerprint density at radius 1 is 0.679 bits per heavy atom. The molecule has 0 bridgehead atoms. The van der Waals surface area contributed by atoms with Gasteiger partial charge in [-0.1, -0.05) is 94.9 Å². The van der Waals surface area contributed by atoms with Crippen LogP contribution in [0.15, 0.2) is 72.8 Å². The van der Waals surface area contributed by atoms with Gasteiger partial charge in [-0.2, -0.15) is 10.5 Å². The monoisotopic (exact) mass is 808 g/mol. The molecule has 2 aliphatic rings. The predicted octanol–water partition coefficient (Wildman–Crippen LogP) is 12.0. The normalized spacial score (nSPS) is 16.7. The van der Waals surface area contributed by atoms with Crippen molar-refractivity contribution in [3.8, 4) is 23.6 Å². The van der Waals surface area contributed by atoms with Crippen LogP contribution in [0.2, 0.25) is 20.1 Å². The minimum atomic E-state index is -1.69. The lowest BCUT2D eigenvalue weighted by Crippen LogP contribution is -2.34. The number of thiazole rings is 2.